The number of benzene rings is 2. The highest BCUT2D eigenvalue weighted by atomic mass is 35.5. The van der Waals surface area contributed by atoms with Gasteiger partial charge in [-0.1, -0.05) is 58.0 Å². The largest absolute Gasteiger partial charge is 0.479 e. The summed E-state index contributed by atoms with van der Waals surface area (Å²) in [4.78, 5) is 12.2. The molecule has 2 aromatic rings. The molecule has 0 saturated carbocycles. The molecule has 4 nitrogen and oxygen atoms in total. The highest BCUT2D eigenvalue weighted by Crippen LogP contribution is 2.33. The molecule has 0 aliphatic heterocycles. The van der Waals surface area contributed by atoms with E-state index in [0.29, 0.717) is 21.5 Å². The summed E-state index contributed by atoms with van der Waals surface area (Å²) in [5.41, 5.74) is 0.331. The summed E-state index contributed by atoms with van der Waals surface area (Å²) in [7, 11) is 0. The Morgan fingerprint density at radius 1 is 1.00 bits per heavy atom. The fourth-order valence-corrected chi connectivity index (χ4v) is 3.40. The number of amides is 1. The average Bonchev–Trinajstić information content (AvgIpc) is 2.53. The van der Waals surface area contributed by atoms with Crippen LogP contribution < -0.4 is 15.4 Å². The lowest BCUT2D eigenvalue weighted by atomic mass is 10.3. The summed E-state index contributed by atoms with van der Waals surface area (Å²) in [6.45, 7) is 1.55. The quantitative estimate of drug-likeness (QED) is 0.518. The molecule has 1 atom stereocenters. The predicted molar refractivity (Wildman–Crippen MR) is 112 cm³/mol. The molecule has 138 valence electrons. The molecule has 0 aliphatic carbocycles. The molecular formula is C16H11Cl5N2O2S. The molecule has 0 spiro atoms. The maximum absolute atomic E-state index is 12.2. The number of halogens is 5. The van der Waals surface area contributed by atoms with Gasteiger partial charge in [-0.3, -0.25) is 10.1 Å². The normalized spacial score (nSPS) is 11.6. The van der Waals surface area contributed by atoms with Gasteiger partial charge in [-0.2, -0.15) is 0 Å². The van der Waals surface area contributed by atoms with Crippen LogP contribution in [0.1, 0.15) is 6.92 Å². The Morgan fingerprint density at radius 2 is 1.58 bits per heavy atom. The van der Waals surface area contributed by atoms with Crippen LogP contribution in [-0.2, 0) is 4.79 Å². The van der Waals surface area contributed by atoms with Crippen molar-refractivity contribution in [1.29, 1.82) is 0 Å². The van der Waals surface area contributed by atoms with Crippen molar-refractivity contribution >= 4 is 86.9 Å². The van der Waals surface area contributed by atoms with Crippen molar-refractivity contribution in [3.63, 3.8) is 0 Å². The minimum absolute atomic E-state index is 0.00113. The summed E-state index contributed by atoms with van der Waals surface area (Å²) >= 11 is 34.9. The van der Waals surface area contributed by atoms with Crippen LogP contribution >= 0.6 is 70.2 Å². The van der Waals surface area contributed by atoms with Crippen LogP contribution in [0.5, 0.6) is 5.75 Å². The fourth-order valence-electron chi connectivity index (χ4n) is 1.83. The highest BCUT2D eigenvalue weighted by Gasteiger charge is 2.18. The molecule has 26 heavy (non-hydrogen) atoms. The van der Waals surface area contributed by atoms with E-state index in [1.807, 2.05) is 0 Å². The summed E-state index contributed by atoms with van der Waals surface area (Å²) in [6.07, 6.45) is -0.871. The Morgan fingerprint density at radius 3 is 2.15 bits per heavy atom. The summed E-state index contributed by atoms with van der Waals surface area (Å²) in [6, 6.07) is 7.67. The minimum Gasteiger partial charge on any atom is -0.479 e. The van der Waals surface area contributed by atoms with Crippen LogP contribution in [0.2, 0.25) is 25.1 Å². The van der Waals surface area contributed by atoms with Gasteiger partial charge in [0.25, 0.3) is 5.91 Å². The van der Waals surface area contributed by atoms with Gasteiger partial charge in [-0.25, -0.2) is 0 Å². The SMILES string of the molecule is CC(Oc1ccc(Cl)cc1Cl)C(=O)NC(=S)Nc1c(Cl)cc(Cl)cc1Cl. The van der Waals surface area contributed by atoms with Crippen molar-refractivity contribution in [3.8, 4) is 5.75 Å². The molecule has 2 rings (SSSR count). The van der Waals surface area contributed by atoms with E-state index in [4.69, 9.17) is 75.0 Å². The van der Waals surface area contributed by atoms with E-state index >= 15 is 0 Å². The zero-order valence-electron chi connectivity index (χ0n) is 13.1. The summed E-state index contributed by atoms with van der Waals surface area (Å²) < 4.78 is 5.52. The zero-order chi connectivity index (χ0) is 19.4. The molecule has 0 saturated heterocycles. The molecule has 0 aliphatic rings. The van der Waals surface area contributed by atoms with Crippen LogP contribution in [0, 0.1) is 0 Å². The van der Waals surface area contributed by atoms with Crippen LogP contribution in [0.25, 0.3) is 0 Å². The van der Waals surface area contributed by atoms with Crippen molar-refractivity contribution in [1.82, 2.24) is 5.32 Å². The van der Waals surface area contributed by atoms with E-state index in [9.17, 15) is 4.79 Å². The number of rotatable bonds is 4. The van der Waals surface area contributed by atoms with Gasteiger partial charge in [0.15, 0.2) is 11.2 Å². The van der Waals surface area contributed by atoms with Crippen molar-refractivity contribution < 1.29 is 9.53 Å². The second-order valence-electron chi connectivity index (χ2n) is 5.02. The molecule has 0 fully saturated rings. The van der Waals surface area contributed by atoms with Gasteiger partial charge in [0.1, 0.15) is 5.75 Å². The lowest BCUT2D eigenvalue weighted by molar-refractivity contribution is -0.125. The van der Waals surface area contributed by atoms with E-state index in [2.05, 4.69) is 10.6 Å². The first kappa shape index (κ1) is 21.4. The third-order valence-electron chi connectivity index (χ3n) is 3.05. The van der Waals surface area contributed by atoms with Crippen molar-refractivity contribution in [2.75, 3.05) is 5.32 Å². The lowest BCUT2D eigenvalue weighted by Crippen LogP contribution is -2.42. The number of carbonyl (C=O) groups is 1. The number of carbonyl (C=O) groups excluding carboxylic acids is 1. The Kier molecular flexibility index (Phi) is 7.64. The molecular weight excluding hydrogens is 462 g/mol. The molecule has 1 unspecified atom stereocenters. The van der Waals surface area contributed by atoms with Crippen LogP contribution in [0.15, 0.2) is 30.3 Å². The van der Waals surface area contributed by atoms with Crippen molar-refractivity contribution in [2.24, 2.45) is 0 Å². The van der Waals surface area contributed by atoms with Crippen LogP contribution in [0.3, 0.4) is 0 Å². The summed E-state index contributed by atoms with van der Waals surface area (Å²) in [5.74, 6) is -0.170. The molecule has 2 N–H and O–H groups in total. The van der Waals surface area contributed by atoms with Gasteiger partial charge >= 0.3 is 0 Å². The lowest BCUT2D eigenvalue weighted by Gasteiger charge is -2.17. The molecule has 1 amide bonds. The number of nitrogens with one attached hydrogen (secondary N) is 2. The fraction of sp³-hybridized carbons (Fsp3) is 0.125. The minimum atomic E-state index is -0.871. The van der Waals surface area contributed by atoms with Gasteiger partial charge in [0, 0.05) is 10.0 Å². The number of hydrogen-bond donors (Lipinski definition) is 2. The van der Waals surface area contributed by atoms with Gasteiger partial charge in [-0.05, 0) is 49.5 Å². The monoisotopic (exact) mass is 470 g/mol. The van der Waals surface area contributed by atoms with Crippen molar-refractivity contribution in [3.05, 3.63) is 55.4 Å². The third-order valence-corrected chi connectivity index (χ3v) is 4.60. The first-order valence-corrected chi connectivity index (χ1v) is 9.35. The Balaban J connectivity index is 1.99. The summed E-state index contributed by atoms with van der Waals surface area (Å²) in [5, 5.41) is 6.88. The number of ether oxygens (including phenoxy) is 1. The standard InChI is InChI=1S/C16H11Cl5N2O2S/c1-7(25-13-3-2-8(17)4-10(13)19)15(24)23-16(26)22-14-11(20)5-9(18)6-12(14)21/h2-7H,1H3,(H2,22,23,24,26). The molecule has 2 aromatic carbocycles. The molecule has 0 radical (unpaired) electrons. The molecule has 0 heterocycles. The Hall–Kier alpha value is -0.950. The smallest absolute Gasteiger partial charge is 0.266 e. The molecule has 10 heteroatoms. The second-order valence-corrected chi connectivity index (χ2v) is 7.53. The van der Waals surface area contributed by atoms with E-state index < -0.39 is 12.0 Å². The van der Waals surface area contributed by atoms with E-state index in [0.717, 1.165) is 0 Å². The topological polar surface area (TPSA) is 50.4 Å². The van der Waals surface area contributed by atoms with Crippen molar-refractivity contribution in [2.45, 2.75) is 13.0 Å². The van der Waals surface area contributed by atoms with Gasteiger partial charge in [-0.15, -0.1) is 0 Å². The maximum Gasteiger partial charge on any atom is 0.266 e. The number of hydrogen-bond acceptors (Lipinski definition) is 3. The average molecular weight is 473 g/mol. The second kappa shape index (κ2) is 9.31. The number of anilines is 1. The Bertz CT molecular complexity index is 840. The highest BCUT2D eigenvalue weighted by molar-refractivity contribution is 7.80. The van der Waals surface area contributed by atoms with E-state index in [1.165, 1.54) is 18.2 Å². The van der Waals surface area contributed by atoms with Crippen LogP contribution in [-0.4, -0.2) is 17.1 Å². The van der Waals surface area contributed by atoms with Gasteiger partial charge < -0.3 is 10.1 Å². The zero-order valence-corrected chi connectivity index (χ0v) is 17.7. The third kappa shape index (κ3) is 5.78. The first-order chi connectivity index (χ1) is 12.2. The van der Waals surface area contributed by atoms with Gasteiger partial charge in [0.05, 0.1) is 20.8 Å². The number of thiocarbonyl (C=S) groups is 1. The maximum atomic E-state index is 12.2. The van der Waals surface area contributed by atoms with E-state index in [1.54, 1.807) is 19.1 Å². The Labute approximate surface area is 180 Å². The molecule has 0 bridgehead atoms. The van der Waals surface area contributed by atoms with E-state index in [-0.39, 0.29) is 20.2 Å². The molecule has 0 aromatic heterocycles. The van der Waals surface area contributed by atoms with Crippen LogP contribution in [0.4, 0.5) is 5.69 Å². The van der Waals surface area contributed by atoms with Gasteiger partial charge in [0.2, 0.25) is 0 Å². The predicted octanol–water partition coefficient (Wildman–Crippen LogP) is 6.23. The first-order valence-electron chi connectivity index (χ1n) is 7.05.